The van der Waals surface area contributed by atoms with Gasteiger partial charge in [0.1, 0.15) is 5.82 Å². The lowest BCUT2D eigenvalue weighted by atomic mass is 9.96. The summed E-state index contributed by atoms with van der Waals surface area (Å²) in [6.07, 6.45) is 8.07. The van der Waals surface area contributed by atoms with E-state index in [1.165, 1.54) is 12.8 Å². The fraction of sp³-hybridized carbons (Fsp3) is 0.706. The molecule has 3 fully saturated rings. The molecule has 2 saturated carbocycles. The van der Waals surface area contributed by atoms with Crippen LogP contribution in [0.2, 0.25) is 0 Å². The molecular formula is C17H24N4O2. The third-order valence-electron chi connectivity index (χ3n) is 5.13. The zero-order valence-electron chi connectivity index (χ0n) is 13.4. The molecule has 4 rings (SSSR count). The number of rotatable bonds is 5. The van der Waals surface area contributed by atoms with Crippen molar-refractivity contribution < 1.29 is 9.59 Å². The third kappa shape index (κ3) is 3.41. The fourth-order valence-corrected chi connectivity index (χ4v) is 3.34. The number of nitrogens with one attached hydrogen (secondary N) is 1. The quantitative estimate of drug-likeness (QED) is 0.902. The molecule has 0 radical (unpaired) electrons. The molecule has 0 bridgehead atoms. The Hall–Kier alpha value is -1.85. The predicted octanol–water partition coefficient (Wildman–Crippen LogP) is 1.88. The van der Waals surface area contributed by atoms with E-state index in [9.17, 15) is 9.59 Å². The maximum absolute atomic E-state index is 12.6. The Kier molecular flexibility index (Phi) is 3.83. The number of nitrogens with zero attached hydrogens (tertiary/aromatic N) is 3. The number of carbonyl (C=O) groups is 2. The monoisotopic (exact) mass is 316 g/mol. The van der Waals surface area contributed by atoms with Crippen LogP contribution >= 0.6 is 0 Å². The normalized spacial score (nSPS) is 24.5. The highest BCUT2D eigenvalue weighted by molar-refractivity contribution is 5.92. The topological polar surface area (TPSA) is 67.2 Å². The molecule has 3 aliphatic rings. The first-order valence-corrected chi connectivity index (χ1v) is 8.82. The molecule has 1 atom stereocenters. The Bertz CT molecular complexity index is 603. The van der Waals surface area contributed by atoms with Gasteiger partial charge in [0, 0.05) is 31.6 Å². The Morgan fingerprint density at radius 1 is 1.17 bits per heavy atom. The van der Waals surface area contributed by atoms with Gasteiger partial charge in [-0.2, -0.15) is 5.10 Å². The van der Waals surface area contributed by atoms with Gasteiger partial charge in [-0.05, 0) is 44.4 Å². The average Bonchev–Trinajstić information content (AvgIpc) is 3.47. The van der Waals surface area contributed by atoms with E-state index >= 15 is 0 Å². The van der Waals surface area contributed by atoms with E-state index in [1.807, 2.05) is 15.6 Å². The maximum atomic E-state index is 12.6. The Balaban J connectivity index is 1.36. The van der Waals surface area contributed by atoms with Gasteiger partial charge in [0.2, 0.25) is 11.8 Å². The summed E-state index contributed by atoms with van der Waals surface area (Å²) in [6.45, 7) is 2.26. The molecule has 0 spiro atoms. The minimum Gasteiger partial charge on any atom is -0.342 e. The fourth-order valence-electron chi connectivity index (χ4n) is 3.34. The SMILES string of the molecule is O=C(Nc1ccnn1CC1CC1)C1CCCN(C(=O)C2CC2)C1. The molecule has 2 amide bonds. The lowest BCUT2D eigenvalue weighted by Crippen LogP contribution is -2.44. The first-order valence-electron chi connectivity index (χ1n) is 8.82. The number of anilines is 1. The van der Waals surface area contributed by atoms with Gasteiger partial charge in [-0.15, -0.1) is 0 Å². The summed E-state index contributed by atoms with van der Waals surface area (Å²) in [5, 5.41) is 7.33. The average molecular weight is 316 g/mol. The second kappa shape index (κ2) is 5.98. The summed E-state index contributed by atoms with van der Waals surface area (Å²) in [6, 6.07) is 1.86. The third-order valence-corrected chi connectivity index (χ3v) is 5.13. The summed E-state index contributed by atoms with van der Waals surface area (Å²) >= 11 is 0. The lowest BCUT2D eigenvalue weighted by molar-refractivity contribution is -0.135. The van der Waals surface area contributed by atoms with Crippen molar-refractivity contribution >= 4 is 17.6 Å². The molecule has 1 unspecified atom stereocenters. The molecular weight excluding hydrogens is 292 g/mol. The summed E-state index contributed by atoms with van der Waals surface area (Å²) in [4.78, 5) is 26.7. The highest BCUT2D eigenvalue weighted by Crippen LogP contribution is 2.33. The second-order valence-electron chi connectivity index (χ2n) is 7.23. The lowest BCUT2D eigenvalue weighted by Gasteiger charge is -2.32. The van der Waals surface area contributed by atoms with E-state index in [4.69, 9.17) is 0 Å². The number of hydrogen-bond acceptors (Lipinski definition) is 3. The number of amides is 2. The molecule has 6 nitrogen and oxygen atoms in total. The van der Waals surface area contributed by atoms with Crippen LogP contribution in [-0.2, 0) is 16.1 Å². The van der Waals surface area contributed by atoms with Gasteiger partial charge in [-0.3, -0.25) is 9.59 Å². The molecule has 2 aliphatic carbocycles. The number of piperidine rings is 1. The van der Waals surface area contributed by atoms with Crippen molar-refractivity contribution in [3.05, 3.63) is 12.3 Å². The molecule has 0 aromatic carbocycles. The van der Waals surface area contributed by atoms with E-state index in [-0.39, 0.29) is 23.7 Å². The molecule has 2 heterocycles. The highest BCUT2D eigenvalue weighted by Gasteiger charge is 2.36. The molecule has 23 heavy (non-hydrogen) atoms. The van der Waals surface area contributed by atoms with Crippen LogP contribution in [0.5, 0.6) is 0 Å². The molecule has 1 aromatic heterocycles. The Morgan fingerprint density at radius 3 is 2.74 bits per heavy atom. The summed E-state index contributed by atoms with van der Waals surface area (Å²) in [5.41, 5.74) is 0. The van der Waals surface area contributed by atoms with Crippen LogP contribution in [0.3, 0.4) is 0 Å². The largest absolute Gasteiger partial charge is 0.342 e. The van der Waals surface area contributed by atoms with Crippen LogP contribution in [0.4, 0.5) is 5.82 Å². The summed E-state index contributed by atoms with van der Waals surface area (Å²) in [5.74, 6) is 1.91. The van der Waals surface area contributed by atoms with Gasteiger partial charge < -0.3 is 10.2 Å². The molecule has 1 N–H and O–H groups in total. The van der Waals surface area contributed by atoms with Crippen LogP contribution in [0.15, 0.2) is 12.3 Å². The van der Waals surface area contributed by atoms with Crippen LogP contribution in [0.25, 0.3) is 0 Å². The summed E-state index contributed by atoms with van der Waals surface area (Å²) < 4.78 is 1.89. The van der Waals surface area contributed by atoms with E-state index in [1.54, 1.807) is 6.20 Å². The van der Waals surface area contributed by atoms with Gasteiger partial charge >= 0.3 is 0 Å². The zero-order chi connectivity index (χ0) is 15.8. The van der Waals surface area contributed by atoms with Crippen LogP contribution in [0, 0.1) is 17.8 Å². The van der Waals surface area contributed by atoms with Gasteiger partial charge in [0.05, 0.1) is 12.1 Å². The Morgan fingerprint density at radius 2 is 2.00 bits per heavy atom. The smallest absolute Gasteiger partial charge is 0.230 e. The highest BCUT2D eigenvalue weighted by atomic mass is 16.2. The molecule has 1 aliphatic heterocycles. The van der Waals surface area contributed by atoms with Gasteiger partial charge in [-0.25, -0.2) is 4.68 Å². The first kappa shape index (κ1) is 14.7. The number of carbonyl (C=O) groups excluding carboxylic acids is 2. The van der Waals surface area contributed by atoms with E-state index in [0.29, 0.717) is 12.5 Å². The van der Waals surface area contributed by atoms with Gasteiger partial charge in [0.25, 0.3) is 0 Å². The van der Waals surface area contributed by atoms with Crippen molar-refractivity contribution in [1.29, 1.82) is 0 Å². The predicted molar refractivity (Wildman–Crippen MR) is 85.6 cm³/mol. The molecule has 1 aromatic rings. The maximum Gasteiger partial charge on any atom is 0.230 e. The molecule has 6 heteroatoms. The minimum atomic E-state index is -0.101. The van der Waals surface area contributed by atoms with Crippen molar-refractivity contribution in [2.24, 2.45) is 17.8 Å². The number of aromatic nitrogens is 2. The van der Waals surface area contributed by atoms with Gasteiger partial charge in [0.15, 0.2) is 0 Å². The molecule has 124 valence electrons. The van der Waals surface area contributed by atoms with Crippen molar-refractivity contribution in [2.45, 2.75) is 45.1 Å². The zero-order valence-corrected chi connectivity index (χ0v) is 13.4. The first-order chi connectivity index (χ1) is 11.2. The van der Waals surface area contributed by atoms with E-state index < -0.39 is 0 Å². The van der Waals surface area contributed by atoms with Crippen molar-refractivity contribution in [3.8, 4) is 0 Å². The Labute approximate surface area is 136 Å². The standard InChI is InChI=1S/C17H24N4O2/c22-16(19-15-7-8-18-21(15)10-12-3-4-12)14-2-1-9-20(11-14)17(23)13-5-6-13/h7-8,12-14H,1-6,9-11H2,(H,19,22). The van der Waals surface area contributed by atoms with Crippen molar-refractivity contribution in [1.82, 2.24) is 14.7 Å². The van der Waals surface area contributed by atoms with Crippen LogP contribution in [-0.4, -0.2) is 39.6 Å². The van der Waals surface area contributed by atoms with Crippen LogP contribution in [0.1, 0.15) is 38.5 Å². The van der Waals surface area contributed by atoms with Crippen molar-refractivity contribution in [2.75, 3.05) is 18.4 Å². The second-order valence-corrected chi connectivity index (χ2v) is 7.23. The van der Waals surface area contributed by atoms with Crippen LogP contribution < -0.4 is 5.32 Å². The molecule has 1 saturated heterocycles. The van der Waals surface area contributed by atoms with Gasteiger partial charge in [-0.1, -0.05) is 0 Å². The number of likely N-dealkylation sites (tertiary alicyclic amines) is 1. The number of hydrogen-bond donors (Lipinski definition) is 1. The van der Waals surface area contributed by atoms with Crippen molar-refractivity contribution in [3.63, 3.8) is 0 Å². The van der Waals surface area contributed by atoms with E-state index in [2.05, 4.69) is 10.4 Å². The van der Waals surface area contributed by atoms with E-state index in [0.717, 1.165) is 44.6 Å². The minimum absolute atomic E-state index is 0.0239. The summed E-state index contributed by atoms with van der Waals surface area (Å²) in [7, 11) is 0.